The second-order valence-electron chi connectivity index (χ2n) is 5.43. The molecule has 1 N–H and O–H groups in total. The Morgan fingerprint density at radius 2 is 1.90 bits per heavy atom. The van der Waals surface area contributed by atoms with Gasteiger partial charge in [-0.1, -0.05) is 0 Å². The molecule has 0 spiro atoms. The molecule has 0 aliphatic carbocycles. The first-order valence-corrected chi connectivity index (χ1v) is 8.44. The van der Waals surface area contributed by atoms with Crippen molar-refractivity contribution < 1.29 is 17.9 Å². The number of rotatable bonds is 6. The zero-order valence-electron chi connectivity index (χ0n) is 12.5. The van der Waals surface area contributed by atoms with E-state index in [1.807, 2.05) is 14.1 Å². The molecule has 0 saturated carbocycles. The highest BCUT2D eigenvalue weighted by Crippen LogP contribution is 2.20. The second-order valence-corrected chi connectivity index (χ2v) is 7.30. The molecule has 0 amide bonds. The van der Waals surface area contributed by atoms with Crippen LogP contribution in [0.15, 0.2) is 21.6 Å². The predicted octanol–water partition coefficient (Wildman–Crippen LogP) is -0.360. The number of sulfonamides is 1. The van der Waals surface area contributed by atoms with Crippen LogP contribution in [0, 0.1) is 0 Å². The van der Waals surface area contributed by atoms with Crippen molar-refractivity contribution in [3.8, 4) is 0 Å². The van der Waals surface area contributed by atoms with Crippen LogP contribution in [-0.2, 0) is 16.6 Å². The largest absolute Gasteiger partial charge is 0.446 e. The second kappa shape index (κ2) is 6.89. The third-order valence-corrected chi connectivity index (χ3v) is 5.35. The van der Waals surface area contributed by atoms with Gasteiger partial charge in [0.25, 0.3) is 10.0 Å². The molecule has 1 aliphatic heterocycles. The van der Waals surface area contributed by atoms with Gasteiger partial charge < -0.3 is 14.4 Å². The molecule has 120 valence electrons. The molecular weight excluding hydrogens is 294 g/mol. The van der Waals surface area contributed by atoms with Gasteiger partial charge in [0.2, 0.25) is 5.09 Å². The molecule has 1 aromatic rings. The molecule has 1 saturated heterocycles. The molecule has 0 radical (unpaired) electrons. The van der Waals surface area contributed by atoms with E-state index in [1.165, 1.54) is 16.4 Å². The summed E-state index contributed by atoms with van der Waals surface area (Å²) in [6, 6.07) is 2.89. The zero-order valence-corrected chi connectivity index (χ0v) is 13.3. The van der Waals surface area contributed by atoms with Gasteiger partial charge in [-0.2, -0.15) is 4.31 Å². The van der Waals surface area contributed by atoms with Crippen molar-refractivity contribution in [2.24, 2.45) is 0 Å². The van der Waals surface area contributed by atoms with E-state index in [9.17, 15) is 8.42 Å². The summed E-state index contributed by atoms with van der Waals surface area (Å²) in [7, 11) is 0.461. The quantitative estimate of drug-likeness (QED) is 0.772. The lowest BCUT2D eigenvalue weighted by atomic mass is 10.3. The third-order valence-electron chi connectivity index (χ3n) is 3.58. The molecule has 8 heteroatoms. The maximum atomic E-state index is 12.4. The lowest BCUT2D eigenvalue weighted by molar-refractivity contribution is 0.172. The van der Waals surface area contributed by atoms with E-state index in [1.54, 1.807) is 0 Å². The highest BCUT2D eigenvalue weighted by molar-refractivity contribution is 7.89. The van der Waals surface area contributed by atoms with E-state index < -0.39 is 10.0 Å². The van der Waals surface area contributed by atoms with Crippen molar-refractivity contribution in [1.29, 1.82) is 0 Å². The SMILES string of the molecule is CN(C)CCN1CCN(S(=O)(=O)c2ccc(CO)o2)CC1. The van der Waals surface area contributed by atoms with E-state index in [4.69, 9.17) is 9.52 Å². The average Bonchev–Trinajstić information content (AvgIpc) is 2.95. The van der Waals surface area contributed by atoms with Crippen LogP contribution in [-0.4, -0.2) is 81.0 Å². The molecule has 1 fully saturated rings. The Morgan fingerprint density at radius 3 is 2.43 bits per heavy atom. The molecule has 0 bridgehead atoms. The van der Waals surface area contributed by atoms with Crippen molar-refractivity contribution in [2.75, 3.05) is 53.4 Å². The van der Waals surface area contributed by atoms with Crippen molar-refractivity contribution in [3.05, 3.63) is 17.9 Å². The number of aliphatic hydroxyl groups is 1. The minimum absolute atomic E-state index is 0.0895. The maximum Gasteiger partial charge on any atom is 0.276 e. The van der Waals surface area contributed by atoms with Crippen LogP contribution in [0.5, 0.6) is 0 Å². The molecule has 7 nitrogen and oxygen atoms in total. The van der Waals surface area contributed by atoms with Gasteiger partial charge in [0, 0.05) is 39.3 Å². The van der Waals surface area contributed by atoms with E-state index in [-0.39, 0.29) is 17.5 Å². The molecule has 2 heterocycles. The normalized spacial score (nSPS) is 18.5. The maximum absolute atomic E-state index is 12.4. The summed E-state index contributed by atoms with van der Waals surface area (Å²) in [5, 5.41) is 8.86. The molecule has 2 rings (SSSR count). The molecule has 0 aromatic carbocycles. The number of hydrogen-bond acceptors (Lipinski definition) is 6. The molecule has 0 atom stereocenters. The summed E-state index contributed by atoms with van der Waals surface area (Å²) in [5.74, 6) is 0.262. The van der Waals surface area contributed by atoms with Crippen LogP contribution in [0.2, 0.25) is 0 Å². The summed E-state index contributed by atoms with van der Waals surface area (Å²) in [6.07, 6.45) is 0. The zero-order chi connectivity index (χ0) is 15.5. The van der Waals surface area contributed by atoms with Gasteiger partial charge in [-0.15, -0.1) is 0 Å². The van der Waals surface area contributed by atoms with Gasteiger partial charge >= 0.3 is 0 Å². The number of aliphatic hydroxyl groups excluding tert-OH is 1. The highest BCUT2D eigenvalue weighted by atomic mass is 32.2. The summed E-state index contributed by atoms with van der Waals surface area (Å²) >= 11 is 0. The van der Waals surface area contributed by atoms with Crippen LogP contribution in [0.3, 0.4) is 0 Å². The van der Waals surface area contributed by atoms with E-state index in [0.717, 1.165) is 26.2 Å². The van der Waals surface area contributed by atoms with Gasteiger partial charge in [0.15, 0.2) is 0 Å². The fourth-order valence-electron chi connectivity index (χ4n) is 2.24. The minimum Gasteiger partial charge on any atom is -0.446 e. The summed E-state index contributed by atoms with van der Waals surface area (Å²) in [6.45, 7) is 3.98. The van der Waals surface area contributed by atoms with Crippen molar-refractivity contribution in [1.82, 2.24) is 14.1 Å². The van der Waals surface area contributed by atoms with Gasteiger partial charge in [-0.25, -0.2) is 8.42 Å². The average molecular weight is 317 g/mol. The first kappa shape index (κ1) is 16.4. The first-order valence-electron chi connectivity index (χ1n) is 7.00. The molecule has 1 aliphatic rings. The Morgan fingerprint density at radius 1 is 1.24 bits per heavy atom. The van der Waals surface area contributed by atoms with Crippen LogP contribution in [0.4, 0.5) is 0 Å². The van der Waals surface area contributed by atoms with Crippen molar-refractivity contribution in [2.45, 2.75) is 11.7 Å². The third kappa shape index (κ3) is 4.04. The van der Waals surface area contributed by atoms with Crippen LogP contribution >= 0.6 is 0 Å². The van der Waals surface area contributed by atoms with Gasteiger partial charge in [-0.05, 0) is 26.2 Å². The lowest BCUT2D eigenvalue weighted by Gasteiger charge is -2.33. The Kier molecular flexibility index (Phi) is 5.39. The highest BCUT2D eigenvalue weighted by Gasteiger charge is 2.30. The van der Waals surface area contributed by atoms with Crippen LogP contribution in [0.25, 0.3) is 0 Å². The van der Waals surface area contributed by atoms with E-state index in [0.29, 0.717) is 13.1 Å². The Labute approximate surface area is 125 Å². The van der Waals surface area contributed by atoms with Crippen molar-refractivity contribution >= 4 is 10.0 Å². The Balaban J connectivity index is 1.94. The standard InChI is InChI=1S/C13H23N3O4S/c1-14(2)5-6-15-7-9-16(10-8-15)21(18,19)13-4-3-12(11-17)20-13/h3-4,17H,5-11H2,1-2H3. The molecular formula is C13H23N3O4S. The lowest BCUT2D eigenvalue weighted by Crippen LogP contribution is -2.49. The molecule has 0 unspecified atom stereocenters. The molecule has 1 aromatic heterocycles. The molecule has 21 heavy (non-hydrogen) atoms. The van der Waals surface area contributed by atoms with Gasteiger partial charge in [0.05, 0.1) is 0 Å². The number of nitrogens with zero attached hydrogens (tertiary/aromatic N) is 3. The monoisotopic (exact) mass is 317 g/mol. The van der Waals surface area contributed by atoms with E-state index in [2.05, 4.69) is 9.80 Å². The number of furan rings is 1. The Hall–Kier alpha value is -0.930. The van der Waals surface area contributed by atoms with Crippen LogP contribution in [0.1, 0.15) is 5.76 Å². The number of hydrogen-bond donors (Lipinski definition) is 1. The summed E-state index contributed by atoms with van der Waals surface area (Å²) in [5.41, 5.74) is 0. The summed E-state index contributed by atoms with van der Waals surface area (Å²) in [4.78, 5) is 4.37. The van der Waals surface area contributed by atoms with Crippen LogP contribution < -0.4 is 0 Å². The fourth-order valence-corrected chi connectivity index (χ4v) is 3.59. The Bertz CT molecular complexity index is 548. The van der Waals surface area contributed by atoms with Gasteiger partial charge in [-0.3, -0.25) is 4.90 Å². The number of likely N-dealkylation sites (N-methyl/N-ethyl adjacent to an activating group) is 1. The number of piperazine rings is 1. The smallest absolute Gasteiger partial charge is 0.276 e. The van der Waals surface area contributed by atoms with Crippen molar-refractivity contribution in [3.63, 3.8) is 0 Å². The minimum atomic E-state index is -3.59. The topological polar surface area (TPSA) is 77.2 Å². The summed E-state index contributed by atoms with van der Waals surface area (Å²) < 4.78 is 31.4. The fraction of sp³-hybridized carbons (Fsp3) is 0.692. The predicted molar refractivity (Wildman–Crippen MR) is 78.4 cm³/mol. The van der Waals surface area contributed by atoms with Gasteiger partial charge in [0.1, 0.15) is 12.4 Å². The van der Waals surface area contributed by atoms with E-state index >= 15 is 0 Å². The first-order chi connectivity index (χ1) is 9.93.